The van der Waals surface area contributed by atoms with Crippen molar-refractivity contribution in [1.82, 2.24) is 0 Å². The monoisotopic (exact) mass is 338 g/mol. The molecular formula is EuS3Y. The molecule has 0 aromatic heterocycles. The number of rotatable bonds is 0. The molecule has 0 bridgehead atoms. The molecule has 0 N–H and O–H groups in total. The third-order valence-electron chi connectivity index (χ3n) is 0. The van der Waals surface area contributed by atoms with E-state index in [1.165, 1.54) is 0 Å². The Bertz CT molecular complexity index is 6.85. The maximum absolute atomic E-state index is 0. The summed E-state index contributed by atoms with van der Waals surface area (Å²) in [5, 5.41) is 0. The molecule has 0 rings (SSSR count). The van der Waals surface area contributed by atoms with E-state index < -0.39 is 0 Å². The molecule has 0 nitrogen and oxygen atoms in total. The van der Waals surface area contributed by atoms with Crippen LogP contribution in [0.3, 0.4) is 0 Å². The predicted octanol–water partition coefficient (Wildman–Crippen LogP) is -0.00970. The predicted molar refractivity (Wildman–Crippen MR) is 22.1 cm³/mol. The smallest absolute Gasteiger partial charge is 2.00 e. The van der Waals surface area contributed by atoms with Crippen LogP contribution < -0.4 is 0 Å². The standard InChI is InChI=1S/Eu.3S.Y/q+3;3*-2;+3. The van der Waals surface area contributed by atoms with Gasteiger partial charge in [-0.15, -0.1) is 0 Å². The minimum Gasteiger partial charge on any atom is -2.00 e. The van der Waals surface area contributed by atoms with Crippen molar-refractivity contribution in [3.8, 4) is 0 Å². The number of hydrogen-bond acceptors (Lipinski definition) is 0. The molecule has 0 fully saturated rings. The van der Waals surface area contributed by atoms with E-state index in [0.717, 1.165) is 0 Å². The first kappa shape index (κ1) is 37.4. The normalized spacial score (nSPS) is 0. The SMILES string of the molecule is [Eu+3].[S-2].[S-2].[S-2].[Y+3]. The van der Waals surface area contributed by atoms with Crippen LogP contribution in [0.5, 0.6) is 0 Å². The molecule has 0 saturated heterocycles. The van der Waals surface area contributed by atoms with Crippen molar-refractivity contribution in [2.24, 2.45) is 0 Å². The largest absolute Gasteiger partial charge is 3.00 e. The van der Waals surface area contributed by atoms with E-state index in [4.69, 9.17) is 0 Å². The first-order valence-electron chi connectivity index (χ1n) is 0. The van der Waals surface area contributed by atoms with E-state index in [9.17, 15) is 0 Å². The second-order valence-electron chi connectivity index (χ2n) is 0. The second-order valence-corrected chi connectivity index (χ2v) is 0. The van der Waals surface area contributed by atoms with Gasteiger partial charge >= 0.3 is 82.1 Å². The Labute approximate surface area is 119 Å². The molecule has 0 spiro atoms. The van der Waals surface area contributed by atoms with E-state index >= 15 is 0 Å². The third kappa shape index (κ3) is 18.2. The van der Waals surface area contributed by atoms with Crippen molar-refractivity contribution in [1.29, 1.82) is 0 Å². The van der Waals surface area contributed by atoms with Crippen LogP contribution in [0.2, 0.25) is 0 Å². The van der Waals surface area contributed by atoms with Gasteiger partial charge in [0.15, 0.2) is 0 Å². The molecule has 0 amide bonds. The van der Waals surface area contributed by atoms with Crippen LogP contribution in [-0.4, -0.2) is 0 Å². The summed E-state index contributed by atoms with van der Waals surface area (Å²) in [4.78, 5) is 0. The first-order chi connectivity index (χ1) is 0. The summed E-state index contributed by atoms with van der Waals surface area (Å²) in [5.41, 5.74) is 0. The minimum absolute atomic E-state index is 0. The van der Waals surface area contributed by atoms with Crippen LogP contribution in [0, 0.1) is 49.4 Å². The van der Waals surface area contributed by atoms with Gasteiger partial charge in [-0.05, 0) is 0 Å². The van der Waals surface area contributed by atoms with Gasteiger partial charge in [-0.3, -0.25) is 0 Å². The molecule has 0 atom stereocenters. The fourth-order valence-electron chi connectivity index (χ4n) is 0. The van der Waals surface area contributed by atoms with Crippen LogP contribution in [0.4, 0.5) is 0 Å². The molecule has 5 heteroatoms. The molecule has 0 unspecified atom stereocenters. The summed E-state index contributed by atoms with van der Waals surface area (Å²) in [6, 6.07) is 0. The Balaban J connectivity index is 0. The summed E-state index contributed by atoms with van der Waals surface area (Å²) >= 11 is 0. The average molecular weight is 337 g/mol. The van der Waals surface area contributed by atoms with Gasteiger partial charge in [0.25, 0.3) is 0 Å². The molecule has 0 radical (unpaired) electrons. The summed E-state index contributed by atoms with van der Waals surface area (Å²) < 4.78 is 0. The van der Waals surface area contributed by atoms with Crippen LogP contribution in [-0.2, 0) is 73.2 Å². The maximum atomic E-state index is 0. The first-order valence-corrected chi connectivity index (χ1v) is 0. The molecule has 0 saturated carbocycles. The molecule has 0 aromatic carbocycles. The second kappa shape index (κ2) is 25.1. The maximum Gasteiger partial charge on any atom is 3.00 e. The zero-order valence-corrected chi connectivity index (χ0v) is 9.89. The average Bonchev–Trinajstić information content (AvgIpc) is 0. The molecule has 5 heavy (non-hydrogen) atoms. The van der Waals surface area contributed by atoms with Crippen molar-refractivity contribution >= 4 is 40.5 Å². The van der Waals surface area contributed by atoms with Crippen LogP contribution in [0.1, 0.15) is 0 Å². The molecule has 0 aliphatic rings. The van der Waals surface area contributed by atoms with Gasteiger partial charge in [-0.25, -0.2) is 0 Å². The zero-order valence-electron chi connectivity index (χ0n) is 2.18. The Morgan fingerprint density at radius 3 is 0.600 bits per heavy atom. The van der Waals surface area contributed by atoms with Gasteiger partial charge in [0, 0.05) is 0 Å². The summed E-state index contributed by atoms with van der Waals surface area (Å²) in [5.74, 6) is 0. The molecule has 0 heterocycles. The van der Waals surface area contributed by atoms with Crippen molar-refractivity contribution in [2.75, 3.05) is 0 Å². The van der Waals surface area contributed by atoms with E-state index in [-0.39, 0.29) is 123 Å². The summed E-state index contributed by atoms with van der Waals surface area (Å²) in [6.07, 6.45) is 0. The van der Waals surface area contributed by atoms with E-state index in [1.807, 2.05) is 0 Å². The Kier molecular flexibility index (Phi) is 188. The molecule has 28 valence electrons. The van der Waals surface area contributed by atoms with Crippen molar-refractivity contribution in [2.45, 2.75) is 0 Å². The summed E-state index contributed by atoms with van der Waals surface area (Å²) in [7, 11) is 0. The van der Waals surface area contributed by atoms with Crippen molar-refractivity contribution in [3.63, 3.8) is 0 Å². The molecule has 0 aromatic rings. The van der Waals surface area contributed by atoms with Gasteiger partial charge in [0.2, 0.25) is 0 Å². The van der Waals surface area contributed by atoms with Gasteiger partial charge < -0.3 is 40.5 Å². The Morgan fingerprint density at radius 2 is 0.600 bits per heavy atom. The van der Waals surface area contributed by atoms with Crippen molar-refractivity contribution in [3.05, 3.63) is 0 Å². The molecule has 0 aliphatic heterocycles. The Hall–Kier alpha value is 3.74. The van der Waals surface area contributed by atoms with E-state index in [1.54, 1.807) is 0 Å². The van der Waals surface area contributed by atoms with Crippen molar-refractivity contribution < 1.29 is 82.1 Å². The quantitative estimate of drug-likeness (QED) is 0.584. The van der Waals surface area contributed by atoms with E-state index in [0.29, 0.717) is 0 Å². The van der Waals surface area contributed by atoms with Gasteiger partial charge in [-0.2, -0.15) is 0 Å². The van der Waals surface area contributed by atoms with Crippen LogP contribution >= 0.6 is 0 Å². The third-order valence-corrected chi connectivity index (χ3v) is 0. The van der Waals surface area contributed by atoms with Gasteiger partial charge in [0.05, 0.1) is 0 Å². The Morgan fingerprint density at radius 1 is 0.600 bits per heavy atom. The summed E-state index contributed by atoms with van der Waals surface area (Å²) in [6.45, 7) is 0. The van der Waals surface area contributed by atoms with Crippen LogP contribution in [0.25, 0.3) is 0 Å². The fraction of sp³-hybridized carbons (Fsp3) is 0. The molecular weight excluding hydrogens is 337 g/mol. The van der Waals surface area contributed by atoms with Gasteiger partial charge in [0.1, 0.15) is 0 Å². The van der Waals surface area contributed by atoms with Crippen LogP contribution in [0.15, 0.2) is 0 Å². The minimum atomic E-state index is 0. The topological polar surface area (TPSA) is 0 Å². The fourth-order valence-corrected chi connectivity index (χ4v) is 0. The van der Waals surface area contributed by atoms with Gasteiger partial charge in [-0.1, -0.05) is 0 Å². The van der Waals surface area contributed by atoms with E-state index in [2.05, 4.69) is 0 Å². The molecule has 0 aliphatic carbocycles. The zero-order chi connectivity index (χ0) is 0. The number of hydrogen-bond donors (Lipinski definition) is 0.